The van der Waals surface area contributed by atoms with E-state index < -0.39 is 14.9 Å². The van der Waals surface area contributed by atoms with Gasteiger partial charge in [0.05, 0.1) is 4.75 Å². The summed E-state index contributed by atoms with van der Waals surface area (Å²) in [6.07, 6.45) is 0. The Hall–Kier alpha value is -0.740. The monoisotopic (exact) mass is 248 g/mol. The Morgan fingerprint density at radius 3 is 2.00 bits per heavy atom. The fourth-order valence-electron chi connectivity index (χ4n) is 0.742. The normalized spacial score (nSPS) is 12.5. The van der Waals surface area contributed by atoms with Gasteiger partial charge in [-0.2, -0.15) is 8.42 Å². The van der Waals surface area contributed by atoms with Crippen molar-refractivity contribution in [3.05, 3.63) is 29.3 Å². The molecule has 0 aliphatic rings. The zero-order valence-electron chi connectivity index (χ0n) is 8.82. The van der Waals surface area contributed by atoms with Gasteiger partial charge in [-0.15, -0.1) is 0 Å². The molecule has 15 heavy (non-hydrogen) atoms. The van der Waals surface area contributed by atoms with Crippen molar-refractivity contribution in [3.8, 4) is 5.75 Å². The summed E-state index contributed by atoms with van der Waals surface area (Å²) in [5.74, 6) is 0.273. The summed E-state index contributed by atoms with van der Waals surface area (Å²) in [4.78, 5) is 0. The molecule has 0 aliphatic carbocycles. The van der Waals surface area contributed by atoms with Gasteiger partial charge in [0.15, 0.2) is 0 Å². The van der Waals surface area contributed by atoms with Gasteiger partial charge in [-0.05, 0) is 45.0 Å². The minimum atomic E-state index is -3.61. The molecule has 0 amide bonds. The van der Waals surface area contributed by atoms with Gasteiger partial charge in [-0.25, -0.2) is 0 Å². The zero-order valence-corrected chi connectivity index (χ0v) is 10.4. The highest BCUT2D eigenvalue weighted by Crippen LogP contribution is 2.22. The molecule has 0 aromatic heterocycles. The average molecular weight is 249 g/mol. The van der Waals surface area contributed by atoms with Crippen LogP contribution in [-0.4, -0.2) is 13.2 Å². The van der Waals surface area contributed by atoms with E-state index in [1.54, 1.807) is 32.9 Å². The Labute approximate surface area is 95.1 Å². The molecule has 1 aromatic carbocycles. The predicted molar refractivity (Wildman–Crippen MR) is 60.8 cm³/mol. The quantitative estimate of drug-likeness (QED) is 0.756. The van der Waals surface area contributed by atoms with Gasteiger partial charge in [-0.1, -0.05) is 11.6 Å². The zero-order chi connectivity index (χ0) is 11.7. The Morgan fingerprint density at radius 2 is 1.60 bits per heavy atom. The summed E-state index contributed by atoms with van der Waals surface area (Å²) >= 11 is 5.67. The van der Waals surface area contributed by atoms with Crippen LogP contribution < -0.4 is 4.18 Å². The molecular weight excluding hydrogens is 236 g/mol. The first-order chi connectivity index (χ1) is 6.72. The lowest BCUT2D eigenvalue weighted by molar-refractivity contribution is 0.454. The van der Waals surface area contributed by atoms with Crippen molar-refractivity contribution in [1.29, 1.82) is 0 Å². The maximum Gasteiger partial charge on any atom is 0.314 e. The second-order valence-corrected chi connectivity index (χ2v) is 6.84. The average Bonchev–Trinajstić information content (AvgIpc) is 2.06. The van der Waals surface area contributed by atoms with Gasteiger partial charge in [-0.3, -0.25) is 0 Å². The third-order valence-electron chi connectivity index (χ3n) is 1.77. The highest BCUT2D eigenvalue weighted by Gasteiger charge is 2.31. The molecule has 84 valence electrons. The van der Waals surface area contributed by atoms with Crippen molar-refractivity contribution in [2.24, 2.45) is 0 Å². The summed E-state index contributed by atoms with van der Waals surface area (Å²) in [7, 11) is -3.61. The summed E-state index contributed by atoms with van der Waals surface area (Å²) in [5, 5.41) is 0.538. The Balaban J connectivity index is 2.93. The summed E-state index contributed by atoms with van der Waals surface area (Å²) in [6.45, 7) is 4.74. The van der Waals surface area contributed by atoms with Crippen LogP contribution >= 0.6 is 11.6 Å². The molecule has 5 heteroatoms. The molecule has 0 atom stereocenters. The predicted octanol–water partition coefficient (Wildman–Crippen LogP) is 2.85. The lowest BCUT2D eigenvalue weighted by Gasteiger charge is -2.18. The van der Waals surface area contributed by atoms with E-state index in [9.17, 15) is 8.42 Å². The third-order valence-corrected chi connectivity index (χ3v) is 3.93. The molecule has 0 unspecified atom stereocenters. The molecule has 0 N–H and O–H groups in total. The van der Waals surface area contributed by atoms with Crippen LogP contribution in [0.2, 0.25) is 5.02 Å². The van der Waals surface area contributed by atoms with Crippen molar-refractivity contribution in [2.45, 2.75) is 25.5 Å². The van der Waals surface area contributed by atoms with Gasteiger partial charge in [0.1, 0.15) is 5.75 Å². The van der Waals surface area contributed by atoms with E-state index in [2.05, 4.69) is 0 Å². The van der Waals surface area contributed by atoms with E-state index in [-0.39, 0.29) is 5.75 Å². The number of rotatable bonds is 2. The molecule has 0 heterocycles. The van der Waals surface area contributed by atoms with E-state index in [1.807, 2.05) is 0 Å². The Kier molecular flexibility index (Phi) is 3.31. The maximum atomic E-state index is 11.7. The second-order valence-electron chi connectivity index (χ2n) is 4.10. The molecule has 0 radical (unpaired) electrons. The third kappa shape index (κ3) is 3.11. The largest absolute Gasteiger partial charge is 0.382 e. The molecule has 0 spiro atoms. The fourth-order valence-corrected chi connectivity index (χ4v) is 1.48. The van der Waals surface area contributed by atoms with Crippen molar-refractivity contribution in [2.75, 3.05) is 0 Å². The Morgan fingerprint density at radius 1 is 1.13 bits per heavy atom. The van der Waals surface area contributed by atoms with Gasteiger partial charge in [0.25, 0.3) is 0 Å². The van der Waals surface area contributed by atoms with Crippen molar-refractivity contribution >= 4 is 21.7 Å². The highest BCUT2D eigenvalue weighted by molar-refractivity contribution is 7.88. The van der Waals surface area contributed by atoms with Crippen LogP contribution in [0, 0.1) is 0 Å². The van der Waals surface area contributed by atoms with Crippen LogP contribution in [-0.2, 0) is 10.1 Å². The van der Waals surface area contributed by atoms with Crippen molar-refractivity contribution < 1.29 is 12.6 Å². The van der Waals surface area contributed by atoms with Gasteiger partial charge in [0, 0.05) is 5.02 Å². The van der Waals surface area contributed by atoms with Gasteiger partial charge >= 0.3 is 10.1 Å². The van der Waals surface area contributed by atoms with Gasteiger partial charge < -0.3 is 4.18 Å². The molecule has 0 aliphatic heterocycles. The molecule has 1 rings (SSSR count). The molecule has 0 fully saturated rings. The summed E-state index contributed by atoms with van der Waals surface area (Å²) in [6, 6.07) is 6.20. The highest BCUT2D eigenvalue weighted by atomic mass is 35.5. The van der Waals surface area contributed by atoms with Crippen molar-refractivity contribution in [3.63, 3.8) is 0 Å². The standard InChI is InChI=1S/C10H13ClO3S/c1-10(2,3)15(12,13)14-9-6-4-8(11)5-7-9/h4-7H,1-3H3. The minimum Gasteiger partial charge on any atom is -0.382 e. The number of benzene rings is 1. The van der Waals surface area contributed by atoms with Crippen LogP contribution in [0.1, 0.15) is 20.8 Å². The number of halogens is 1. The van der Waals surface area contributed by atoms with E-state index >= 15 is 0 Å². The summed E-state index contributed by atoms with van der Waals surface area (Å²) < 4.78 is 27.3. The van der Waals surface area contributed by atoms with E-state index in [4.69, 9.17) is 15.8 Å². The second kappa shape index (κ2) is 4.02. The first-order valence-electron chi connectivity index (χ1n) is 4.42. The number of hydrogen-bond donors (Lipinski definition) is 0. The van der Waals surface area contributed by atoms with Crippen LogP contribution in [0.3, 0.4) is 0 Å². The van der Waals surface area contributed by atoms with E-state index in [0.717, 1.165) is 0 Å². The van der Waals surface area contributed by atoms with E-state index in [1.165, 1.54) is 12.1 Å². The lowest BCUT2D eigenvalue weighted by Crippen LogP contribution is -2.32. The first kappa shape index (κ1) is 12.3. The topological polar surface area (TPSA) is 43.4 Å². The first-order valence-corrected chi connectivity index (χ1v) is 6.20. The van der Waals surface area contributed by atoms with Crippen LogP contribution in [0.25, 0.3) is 0 Å². The number of hydrogen-bond acceptors (Lipinski definition) is 3. The Bertz CT molecular complexity index is 429. The minimum absolute atomic E-state index is 0.273. The molecule has 0 saturated carbocycles. The molecular formula is C10H13ClO3S. The molecule has 3 nitrogen and oxygen atoms in total. The van der Waals surface area contributed by atoms with Crippen LogP contribution in [0.5, 0.6) is 5.75 Å². The maximum absolute atomic E-state index is 11.7. The van der Waals surface area contributed by atoms with E-state index in [0.29, 0.717) is 5.02 Å². The smallest absolute Gasteiger partial charge is 0.314 e. The molecule has 1 aromatic rings. The molecule has 0 bridgehead atoms. The summed E-state index contributed by atoms with van der Waals surface area (Å²) in [5.41, 5.74) is 0. The molecule has 0 saturated heterocycles. The lowest BCUT2D eigenvalue weighted by atomic mass is 10.3. The van der Waals surface area contributed by atoms with Gasteiger partial charge in [0.2, 0.25) is 0 Å². The van der Waals surface area contributed by atoms with Crippen LogP contribution in [0.4, 0.5) is 0 Å². The van der Waals surface area contributed by atoms with Crippen LogP contribution in [0.15, 0.2) is 24.3 Å². The van der Waals surface area contributed by atoms with Crippen molar-refractivity contribution in [1.82, 2.24) is 0 Å². The fraction of sp³-hybridized carbons (Fsp3) is 0.400. The SMILES string of the molecule is CC(C)(C)S(=O)(=O)Oc1ccc(Cl)cc1.